The molecule has 0 unspecified atom stereocenters. The van der Waals surface area contributed by atoms with Crippen molar-refractivity contribution in [3.8, 4) is 0 Å². The van der Waals surface area contributed by atoms with Gasteiger partial charge in [-0.15, -0.1) is 0 Å². The van der Waals surface area contributed by atoms with E-state index < -0.39 is 0 Å². The summed E-state index contributed by atoms with van der Waals surface area (Å²) in [5.41, 5.74) is 2.68. The summed E-state index contributed by atoms with van der Waals surface area (Å²) in [5, 5.41) is 7.10. The van der Waals surface area contributed by atoms with Gasteiger partial charge in [0, 0.05) is 0 Å². The smallest absolute Gasteiger partial charge is 0.00162 e. The van der Waals surface area contributed by atoms with Crippen LogP contribution in [-0.4, -0.2) is 6.21 Å². The van der Waals surface area contributed by atoms with E-state index in [4.69, 9.17) is 5.41 Å². The van der Waals surface area contributed by atoms with Gasteiger partial charge in [-0.1, -0.05) is 31.2 Å². The summed E-state index contributed by atoms with van der Waals surface area (Å²) in [6, 6.07) is 8.36. The van der Waals surface area contributed by atoms with Gasteiger partial charge in [0.05, 0.1) is 0 Å². The van der Waals surface area contributed by atoms with Crippen molar-refractivity contribution in [2.75, 3.05) is 0 Å². The van der Waals surface area contributed by atoms with Gasteiger partial charge >= 0.3 is 0 Å². The van der Waals surface area contributed by atoms with Crippen molar-refractivity contribution in [3.63, 3.8) is 0 Å². The second kappa shape index (κ2) is 4.05. The SMILES string of the molecule is Cc1ccccc1C[C@H](C)C=N. The number of nitrogens with one attached hydrogen (secondary N) is 1. The van der Waals surface area contributed by atoms with Gasteiger partial charge in [0.25, 0.3) is 0 Å². The van der Waals surface area contributed by atoms with E-state index in [2.05, 4.69) is 32.0 Å². The molecule has 1 nitrogen and oxygen atoms in total. The van der Waals surface area contributed by atoms with Crippen molar-refractivity contribution in [2.24, 2.45) is 5.92 Å². The maximum atomic E-state index is 7.10. The van der Waals surface area contributed by atoms with Crippen LogP contribution >= 0.6 is 0 Å². The van der Waals surface area contributed by atoms with Crippen LogP contribution in [0, 0.1) is 18.3 Å². The van der Waals surface area contributed by atoms with Crippen LogP contribution in [0.3, 0.4) is 0 Å². The van der Waals surface area contributed by atoms with E-state index in [0.717, 1.165) is 6.42 Å². The molecule has 0 amide bonds. The van der Waals surface area contributed by atoms with Crippen LogP contribution in [-0.2, 0) is 6.42 Å². The van der Waals surface area contributed by atoms with Gasteiger partial charge in [-0.3, -0.25) is 0 Å². The first-order chi connectivity index (χ1) is 5.74. The Morgan fingerprint density at radius 3 is 2.67 bits per heavy atom. The number of benzene rings is 1. The van der Waals surface area contributed by atoms with Crippen molar-refractivity contribution < 1.29 is 0 Å². The summed E-state index contributed by atoms with van der Waals surface area (Å²) in [7, 11) is 0. The minimum absolute atomic E-state index is 0.353. The zero-order valence-corrected chi connectivity index (χ0v) is 7.67. The Labute approximate surface area is 73.9 Å². The van der Waals surface area contributed by atoms with Gasteiger partial charge in [-0.2, -0.15) is 0 Å². The maximum Gasteiger partial charge on any atom is -0.00162 e. The molecule has 0 spiro atoms. The lowest BCUT2D eigenvalue weighted by atomic mass is 9.98. The topological polar surface area (TPSA) is 23.9 Å². The summed E-state index contributed by atoms with van der Waals surface area (Å²) in [6.07, 6.45) is 2.49. The molecule has 0 radical (unpaired) electrons. The minimum Gasteiger partial charge on any atom is -0.313 e. The normalized spacial score (nSPS) is 12.5. The molecule has 0 aliphatic rings. The van der Waals surface area contributed by atoms with Crippen LogP contribution in [0.5, 0.6) is 0 Å². The molecule has 0 saturated carbocycles. The second-order valence-electron chi connectivity index (χ2n) is 3.27. The lowest BCUT2D eigenvalue weighted by Gasteiger charge is -2.07. The highest BCUT2D eigenvalue weighted by Gasteiger charge is 2.01. The standard InChI is InChI=1S/C11H15N/c1-9(8-12)7-11-6-4-3-5-10(11)2/h3-6,8-9,12H,7H2,1-2H3/t9-/m0/s1. The van der Waals surface area contributed by atoms with E-state index in [-0.39, 0.29) is 0 Å². The molecule has 0 aliphatic carbocycles. The molecule has 1 rings (SSSR count). The van der Waals surface area contributed by atoms with Crippen molar-refractivity contribution in [1.29, 1.82) is 5.41 Å². The van der Waals surface area contributed by atoms with Gasteiger partial charge < -0.3 is 5.41 Å². The molecule has 64 valence electrons. The Bertz CT molecular complexity index is 265. The van der Waals surface area contributed by atoms with Crippen LogP contribution < -0.4 is 0 Å². The Kier molecular flexibility index (Phi) is 3.03. The first kappa shape index (κ1) is 8.98. The average molecular weight is 161 g/mol. The highest BCUT2D eigenvalue weighted by molar-refractivity contribution is 5.57. The number of rotatable bonds is 3. The minimum atomic E-state index is 0.353. The lowest BCUT2D eigenvalue weighted by molar-refractivity contribution is 0.775. The molecule has 0 aromatic heterocycles. The third-order valence-electron chi connectivity index (χ3n) is 2.09. The molecule has 0 aliphatic heterocycles. The Balaban J connectivity index is 2.75. The zero-order chi connectivity index (χ0) is 8.97. The zero-order valence-electron chi connectivity index (χ0n) is 7.67. The molecule has 0 saturated heterocycles. The fourth-order valence-electron chi connectivity index (χ4n) is 1.24. The van der Waals surface area contributed by atoms with Gasteiger partial charge in [0.2, 0.25) is 0 Å². The molecule has 1 aromatic carbocycles. The van der Waals surface area contributed by atoms with Crippen molar-refractivity contribution in [3.05, 3.63) is 35.4 Å². The van der Waals surface area contributed by atoms with E-state index >= 15 is 0 Å². The molecule has 0 fully saturated rings. The van der Waals surface area contributed by atoms with Crippen molar-refractivity contribution in [2.45, 2.75) is 20.3 Å². The predicted molar refractivity (Wildman–Crippen MR) is 52.8 cm³/mol. The summed E-state index contributed by atoms with van der Waals surface area (Å²) < 4.78 is 0. The summed E-state index contributed by atoms with van der Waals surface area (Å²) in [6.45, 7) is 4.19. The Hall–Kier alpha value is -1.11. The van der Waals surface area contributed by atoms with Gasteiger partial charge in [-0.05, 0) is 36.6 Å². The largest absolute Gasteiger partial charge is 0.313 e. The number of hydrogen-bond donors (Lipinski definition) is 1. The van der Waals surface area contributed by atoms with E-state index in [0.29, 0.717) is 5.92 Å². The molecule has 12 heavy (non-hydrogen) atoms. The molecule has 1 N–H and O–H groups in total. The van der Waals surface area contributed by atoms with Crippen LogP contribution in [0.4, 0.5) is 0 Å². The average Bonchev–Trinajstić information content (AvgIpc) is 2.09. The van der Waals surface area contributed by atoms with Crippen LogP contribution in [0.15, 0.2) is 24.3 Å². The van der Waals surface area contributed by atoms with E-state index in [1.807, 2.05) is 6.07 Å². The van der Waals surface area contributed by atoms with Crippen LogP contribution in [0.1, 0.15) is 18.1 Å². The first-order valence-electron chi connectivity index (χ1n) is 4.29. The molecule has 1 aromatic rings. The fourth-order valence-corrected chi connectivity index (χ4v) is 1.24. The van der Waals surface area contributed by atoms with Crippen LogP contribution in [0.2, 0.25) is 0 Å². The monoisotopic (exact) mass is 161 g/mol. The van der Waals surface area contributed by atoms with Crippen LogP contribution in [0.25, 0.3) is 0 Å². The Morgan fingerprint density at radius 1 is 1.42 bits per heavy atom. The van der Waals surface area contributed by atoms with E-state index in [1.54, 1.807) is 0 Å². The molecular formula is C11H15N. The van der Waals surface area contributed by atoms with Gasteiger partial charge in [0.15, 0.2) is 0 Å². The highest BCUT2D eigenvalue weighted by atomic mass is 14.3. The molecule has 0 bridgehead atoms. The second-order valence-corrected chi connectivity index (χ2v) is 3.27. The van der Waals surface area contributed by atoms with Gasteiger partial charge in [-0.25, -0.2) is 0 Å². The highest BCUT2D eigenvalue weighted by Crippen LogP contribution is 2.11. The third kappa shape index (κ3) is 2.19. The summed E-state index contributed by atoms with van der Waals surface area (Å²) >= 11 is 0. The summed E-state index contributed by atoms with van der Waals surface area (Å²) in [5.74, 6) is 0.353. The quantitative estimate of drug-likeness (QED) is 0.659. The van der Waals surface area contributed by atoms with Crippen molar-refractivity contribution >= 4 is 6.21 Å². The maximum absolute atomic E-state index is 7.10. The lowest BCUT2D eigenvalue weighted by Crippen LogP contribution is -2.01. The summed E-state index contributed by atoms with van der Waals surface area (Å²) in [4.78, 5) is 0. The first-order valence-corrected chi connectivity index (χ1v) is 4.29. The third-order valence-corrected chi connectivity index (χ3v) is 2.09. The number of hydrogen-bond acceptors (Lipinski definition) is 1. The fraction of sp³-hybridized carbons (Fsp3) is 0.364. The number of aryl methyl sites for hydroxylation is 1. The Morgan fingerprint density at radius 2 is 2.08 bits per heavy atom. The van der Waals surface area contributed by atoms with E-state index in [9.17, 15) is 0 Å². The van der Waals surface area contributed by atoms with Gasteiger partial charge in [0.1, 0.15) is 0 Å². The molecule has 1 atom stereocenters. The molecular weight excluding hydrogens is 146 g/mol. The van der Waals surface area contributed by atoms with E-state index in [1.165, 1.54) is 17.3 Å². The van der Waals surface area contributed by atoms with Crippen molar-refractivity contribution in [1.82, 2.24) is 0 Å². The molecule has 0 heterocycles. The molecule has 1 heteroatoms. The predicted octanol–water partition coefficient (Wildman–Crippen LogP) is 2.82.